The molecule has 0 unspecified atom stereocenters. The predicted molar refractivity (Wildman–Crippen MR) is 96.2 cm³/mol. The van der Waals surface area contributed by atoms with Crippen molar-refractivity contribution >= 4 is 39.5 Å². The first kappa shape index (κ1) is 18.1. The van der Waals surface area contributed by atoms with E-state index in [9.17, 15) is 14.4 Å². The van der Waals surface area contributed by atoms with Gasteiger partial charge in [-0.15, -0.1) is 11.3 Å². The Balaban J connectivity index is 2.07. The number of fused-ring (bicyclic) bond motifs is 1. The Labute approximate surface area is 145 Å². The lowest BCUT2D eigenvalue weighted by Gasteiger charge is -2.19. The fourth-order valence-electron chi connectivity index (χ4n) is 2.40. The number of nitrogens with one attached hydrogen (secondary N) is 2. The standard InChI is InChI=1S/C18H22N2O3S/c1-12(2)10-14(17(22)19-8-5-9-21)20-18(23)16-11-13-6-3-4-7-15(13)24-16/h3-4,6-7,9,11-12,14H,5,8,10H2,1-2H3,(H,19,22)(H,20,23)/t14-/m0/s1. The number of benzene rings is 1. The molecule has 0 fully saturated rings. The lowest BCUT2D eigenvalue weighted by atomic mass is 10.0. The average Bonchev–Trinajstić information content (AvgIpc) is 2.98. The molecule has 0 aliphatic heterocycles. The summed E-state index contributed by atoms with van der Waals surface area (Å²) in [6.07, 6.45) is 1.57. The van der Waals surface area contributed by atoms with Crippen LogP contribution in [-0.4, -0.2) is 30.7 Å². The normalized spacial score (nSPS) is 12.1. The Bertz CT molecular complexity index is 691. The van der Waals surface area contributed by atoms with Gasteiger partial charge in [-0.3, -0.25) is 9.59 Å². The molecule has 2 N–H and O–H groups in total. The lowest BCUT2D eigenvalue weighted by Crippen LogP contribution is -2.47. The first-order chi connectivity index (χ1) is 11.5. The van der Waals surface area contributed by atoms with Crippen molar-refractivity contribution in [1.82, 2.24) is 10.6 Å². The van der Waals surface area contributed by atoms with Crippen molar-refractivity contribution in [3.8, 4) is 0 Å². The van der Waals surface area contributed by atoms with Gasteiger partial charge >= 0.3 is 0 Å². The molecular weight excluding hydrogens is 324 g/mol. The van der Waals surface area contributed by atoms with Crippen LogP contribution in [0.25, 0.3) is 10.1 Å². The highest BCUT2D eigenvalue weighted by atomic mass is 32.1. The third kappa shape index (κ3) is 4.89. The fraction of sp³-hybridized carbons (Fsp3) is 0.389. The topological polar surface area (TPSA) is 75.3 Å². The molecular formula is C18H22N2O3S. The van der Waals surface area contributed by atoms with Crippen molar-refractivity contribution in [1.29, 1.82) is 0 Å². The minimum atomic E-state index is -0.602. The summed E-state index contributed by atoms with van der Waals surface area (Å²) in [5, 5.41) is 6.53. The van der Waals surface area contributed by atoms with Gasteiger partial charge in [-0.2, -0.15) is 0 Å². The second-order valence-electron chi connectivity index (χ2n) is 6.05. The zero-order chi connectivity index (χ0) is 17.5. The molecule has 0 saturated heterocycles. The summed E-state index contributed by atoms with van der Waals surface area (Å²) in [5.41, 5.74) is 0. The maximum absolute atomic E-state index is 12.5. The van der Waals surface area contributed by atoms with Gasteiger partial charge in [0, 0.05) is 17.7 Å². The molecule has 0 spiro atoms. The Kier molecular flexibility index (Phi) is 6.49. The summed E-state index contributed by atoms with van der Waals surface area (Å²) in [5.74, 6) is -0.234. The van der Waals surface area contributed by atoms with Gasteiger partial charge in [-0.1, -0.05) is 32.0 Å². The van der Waals surface area contributed by atoms with Crippen molar-refractivity contribution in [3.63, 3.8) is 0 Å². The molecule has 2 amide bonds. The van der Waals surface area contributed by atoms with E-state index in [1.807, 2.05) is 44.2 Å². The molecule has 0 saturated carbocycles. The summed E-state index contributed by atoms with van der Waals surface area (Å²) < 4.78 is 1.04. The second kappa shape index (κ2) is 8.59. The maximum atomic E-state index is 12.5. The minimum absolute atomic E-state index is 0.243. The number of hydrogen-bond acceptors (Lipinski definition) is 4. The monoisotopic (exact) mass is 346 g/mol. The van der Waals surface area contributed by atoms with Crippen LogP contribution in [0.5, 0.6) is 0 Å². The van der Waals surface area contributed by atoms with Crippen molar-refractivity contribution < 1.29 is 14.4 Å². The van der Waals surface area contributed by atoms with Gasteiger partial charge in [0.15, 0.2) is 0 Å². The van der Waals surface area contributed by atoms with Gasteiger partial charge in [-0.25, -0.2) is 0 Å². The molecule has 0 radical (unpaired) electrons. The van der Waals surface area contributed by atoms with Crippen LogP contribution in [0.1, 0.15) is 36.4 Å². The first-order valence-electron chi connectivity index (χ1n) is 8.02. The summed E-state index contributed by atoms with van der Waals surface area (Å²) in [6, 6.07) is 9.02. The Morgan fingerprint density at radius 2 is 2.00 bits per heavy atom. The molecule has 0 bridgehead atoms. The molecule has 1 aromatic heterocycles. The summed E-state index contributed by atoms with van der Waals surface area (Å²) >= 11 is 1.41. The number of amides is 2. The van der Waals surface area contributed by atoms with Gasteiger partial charge in [-0.05, 0) is 29.9 Å². The van der Waals surface area contributed by atoms with E-state index in [0.717, 1.165) is 16.4 Å². The molecule has 2 aromatic rings. The lowest BCUT2D eigenvalue weighted by molar-refractivity contribution is -0.123. The van der Waals surface area contributed by atoms with E-state index in [-0.39, 0.29) is 30.7 Å². The molecule has 1 aromatic carbocycles. The third-order valence-corrected chi connectivity index (χ3v) is 4.65. The molecule has 6 heteroatoms. The molecule has 128 valence electrons. The van der Waals surface area contributed by atoms with Crippen LogP contribution >= 0.6 is 11.3 Å². The average molecular weight is 346 g/mol. The van der Waals surface area contributed by atoms with E-state index in [1.54, 1.807) is 0 Å². The minimum Gasteiger partial charge on any atom is -0.354 e. The highest BCUT2D eigenvalue weighted by Gasteiger charge is 2.23. The van der Waals surface area contributed by atoms with Gasteiger partial charge in [0.1, 0.15) is 12.3 Å². The first-order valence-corrected chi connectivity index (χ1v) is 8.83. The van der Waals surface area contributed by atoms with E-state index >= 15 is 0 Å². The number of aldehydes is 1. The van der Waals surface area contributed by atoms with Crippen molar-refractivity contribution in [2.75, 3.05) is 6.54 Å². The van der Waals surface area contributed by atoms with Crippen LogP contribution in [0.2, 0.25) is 0 Å². The summed E-state index contributed by atoms with van der Waals surface area (Å²) in [6.45, 7) is 4.28. The fourth-order valence-corrected chi connectivity index (χ4v) is 3.37. The molecule has 5 nitrogen and oxygen atoms in total. The van der Waals surface area contributed by atoms with Gasteiger partial charge < -0.3 is 15.4 Å². The highest BCUT2D eigenvalue weighted by molar-refractivity contribution is 7.20. The molecule has 24 heavy (non-hydrogen) atoms. The Hall–Kier alpha value is -2.21. The van der Waals surface area contributed by atoms with E-state index in [0.29, 0.717) is 11.3 Å². The van der Waals surface area contributed by atoms with Crippen LogP contribution in [0.3, 0.4) is 0 Å². The van der Waals surface area contributed by atoms with Crippen molar-refractivity contribution in [3.05, 3.63) is 35.2 Å². The van der Waals surface area contributed by atoms with E-state index < -0.39 is 6.04 Å². The van der Waals surface area contributed by atoms with Gasteiger partial charge in [0.25, 0.3) is 5.91 Å². The number of rotatable bonds is 8. The Morgan fingerprint density at radius 3 is 2.67 bits per heavy atom. The van der Waals surface area contributed by atoms with Crippen LogP contribution in [0, 0.1) is 5.92 Å². The molecule has 0 aliphatic carbocycles. The van der Waals surface area contributed by atoms with Crippen LogP contribution in [-0.2, 0) is 9.59 Å². The van der Waals surface area contributed by atoms with Crippen molar-refractivity contribution in [2.24, 2.45) is 5.92 Å². The van der Waals surface area contributed by atoms with Gasteiger partial charge in [0.05, 0.1) is 4.88 Å². The number of thiophene rings is 1. The smallest absolute Gasteiger partial charge is 0.262 e. The molecule has 1 heterocycles. The molecule has 2 rings (SSSR count). The number of carbonyl (C=O) groups excluding carboxylic acids is 3. The second-order valence-corrected chi connectivity index (χ2v) is 7.13. The summed E-state index contributed by atoms with van der Waals surface area (Å²) in [4.78, 5) is 35.7. The zero-order valence-electron chi connectivity index (χ0n) is 13.9. The van der Waals surface area contributed by atoms with Crippen molar-refractivity contribution in [2.45, 2.75) is 32.7 Å². The number of hydrogen-bond donors (Lipinski definition) is 2. The largest absolute Gasteiger partial charge is 0.354 e. The summed E-state index contributed by atoms with van der Waals surface area (Å²) in [7, 11) is 0. The maximum Gasteiger partial charge on any atom is 0.262 e. The quantitative estimate of drug-likeness (QED) is 0.570. The number of carbonyl (C=O) groups is 3. The Morgan fingerprint density at radius 1 is 1.25 bits per heavy atom. The third-order valence-electron chi connectivity index (χ3n) is 3.54. The van der Waals surface area contributed by atoms with Crippen LogP contribution < -0.4 is 10.6 Å². The van der Waals surface area contributed by atoms with E-state index in [4.69, 9.17) is 0 Å². The molecule has 1 atom stereocenters. The van der Waals surface area contributed by atoms with E-state index in [1.165, 1.54) is 11.3 Å². The SMILES string of the molecule is CC(C)C[C@H](NC(=O)c1cc2ccccc2s1)C(=O)NCCC=O. The van der Waals surface area contributed by atoms with Gasteiger partial charge in [0.2, 0.25) is 5.91 Å². The highest BCUT2D eigenvalue weighted by Crippen LogP contribution is 2.25. The predicted octanol–water partition coefficient (Wildman–Crippen LogP) is 2.75. The van der Waals surface area contributed by atoms with E-state index in [2.05, 4.69) is 10.6 Å². The molecule has 0 aliphatic rings. The van der Waals surface area contributed by atoms with Crippen LogP contribution in [0.4, 0.5) is 0 Å². The zero-order valence-corrected chi connectivity index (χ0v) is 14.7. The van der Waals surface area contributed by atoms with Crippen LogP contribution in [0.15, 0.2) is 30.3 Å².